The van der Waals surface area contributed by atoms with E-state index >= 15 is 0 Å². The fraction of sp³-hybridized carbons (Fsp3) is 0.364. The van der Waals surface area contributed by atoms with Crippen molar-refractivity contribution < 1.29 is 8.42 Å². The molecule has 0 radical (unpaired) electrons. The summed E-state index contributed by atoms with van der Waals surface area (Å²) in [6.45, 7) is 3.94. The van der Waals surface area contributed by atoms with Crippen molar-refractivity contribution in [3.05, 3.63) is 58.5 Å². The summed E-state index contributed by atoms with van der Waals surface area (Å²) in [5.41, 5.74) is 3.37. The number of nitrogens with one attached hydrogen (secondary N) is 1. The van der Waals surface area contributed by atoms with E-state index in [4.69, 9.17) is 0 Å². The number of rotatable bonds is 7. The standard InChI is InChI=1S/C22H26N4O2S2/c1-17-25-21(16-29-17)19-7-5-18(6-8-19)11-12-23-22-10-9-20(15-24-22)30(27,28)26-13-3-2-4-14-26/h5-10,15-16H,2-4,11-14H2,1H3,(H,23,24). The summed E-state index contributed by atoms with van der Waals surface area (Å²) in [7, 11) is -3.43. The summed E-state index contributed by atoms with van der Waals surface area (Å²) in [6.07, 6.45) is 5.26. The van der Waals surface area contributed by atoms with Gasteiger partial charge in [-0.15, -0.1) is 11.3 Å². The van der Waals surface area contributed by atoms with Gasteiger partial charge in [-0.05, 0) is 43.9 Å². The second kappa shape index (κ2) is 9.24. The number of benzene rings is 1. The summed E-state index contributed by atoms with van der Waals surface area (Å²) in [6, 6.07) is 11.8. The van der Waals surface area contributed by atoms with Crippen molar-refractivity contribution in [1.29, 1.82) is 0 Å². The van der Waals surface area contributed by atoms with E-state index in [9.17, 15) is 8.42 Å². The number of pyridine rings is 1. The molecule has 0 saturated carbocycles. The topological polar surface area (TPSA) is 75.2 Å². The third-order valence-corrected chi connectivity index (χ3v) is 7.93. The molecule has 3 heterocycles. The number of piperidine rings is 1. The lowest BCUT2D eigenvalue weighted by molar-refractivity contribution is 0.346. The first kappa shape index (κ1) is 21.0. The van der Waals surface area contributed by atoms with E-state index in [1.807, 2.05) is 6.92 Å². The Morgan fingerprint density at radius 2 is 1.83 bits per heavy atom. The van der Waals surface area contributed by atoms with Crippen LogP contribution in [0, 0.1) is 6.92 Å². The molecule has 1 N–H and O–H groups in total. The maximum Gasteiger partial charge on any atom is 0.244 e. The predicted octanol–water partition coefficient (Wildman–Crippen LogP) is 4.34. The van der Waals surface area contributed by atoms with Gasteiger partial charge in [0.25, 0.3) is 0 Å². The molecular weight excluding hydrogens is 416 g/mol. The lowest BCUT2D eigenvalue weighted by Gasteiger charge is -2.25. The van der Waals surface area contributed by atoms with Crippen LogP contribution < -0.4 is 5.32 Å². The van der Waals surface area contributed by atoms with E-state index in [0.29, 0.717) is 18.9 Å². The van der Waals surface area contributed by atoms with Crippen molar-refractivity contribution >= 4 is 27.2 Å². The fourth-order valence-electron chi connectivity index (χ4n) is 3.56. The van der Waals surface area contributed by atoms with E-state index in [1.54, 1.807) is 27.8 Å². The Bertz CT molecular complexity index is 1070. The van der Waals surface area contributed by atoms with Gasteiger partial charge in [0.15, 0.2) is 0 Å². The molecule has 0 atom stereocenters. The highest BCUT2D eigenvalue weighted by molar-refractivity contribution is 7.89. The SMILES string of the molecule is Cc1nc(-c2ccc(CCNc3ccc(S(=O)(=O)N4CCCCC4)cn3)cc2)cs1. The maximum atomic E-state index is 12.7. The Morgan fingerprint density at radius 3 is 2.47 bits per heavy atom. The van der Waals surface area contributed by atoms with Crippen molar-refractivity contribution in [2.75, 3.05) is 25.0 Å². The largest absolute Gasteiger partial charge is 0.370 e. The molecule has 1 aliphatic heterocycles. The van der Waals surface area contributed by atoms with Gasteiger partial charge in [-0.3, -0.25) is 0 Å². The van der Waals surface area contributed by atoms with Crippen LogP contribution >= 0.6 is 11.3 Å². The van der Waals surface area contributed by atoms with Gasteiger partial charge in [0, 0.05) is 36.8 Å². The Labute approximate surface area is 182 Å². The number of aryl methyl sites for hydroxylation is 1. The minimum atomic E-state index is -3.43. The van der Waals surface area contributed by atoms with Crippen LogP contribution in [-0.2, 0) is 16.4 Å². The molecule has 1 saturated heterocycles. The molecule has 8 heteroatoms. The maximum absolute atomic E-state index is 12.7. The summed E-state index contributed by atoms with van der Waals surface area (Å²) < 4.78 is 26.9. The van der Waals surface area contributed by atoms with Gasteiger partial charge in [0.1, 0.15) is 10.7 Å². The highest BCUT2D eigenvalue weighted by Gasteiger charge is 2.26. The third kappa shape index (κ3) is 4.88. The predicted molar refractivity (Wildman–Crippen MR) is 121 cm³/mol. The molecule has 0 aliphatic carbocycles. The number of sulfonamides is 1. The van der Waals surface area contributed by atoms with Crippen LogP contribution in [0.25, 0.3) is 11.3 Å². The first-order valence-electron chi connectivity index (χ1n) is 10.2. The number of anilines is 1. The number of hydrogen-bond acceptors (Lipinski definition) is 6. The zero-order chi connectivity index (χ0) is 21.0. The van der Waals surface area contributed by atoms with Crippen molar-refractivity contribution in [3.8, 4) is 11.3 Å². The molecule has 158 valence electrons. The van der Waals surface area contributed by atoms with Crippen LogP contribution in [-0.4, -0.2) is 42.3 Å². The number of aromatic nitrogens is 2. The van der Waals surface area contributed by atoms with Crippen LogP contribution in [0.1, 0.15) is 29.8 Å². The van der Waals surface area contributed by atoms with Crippen molar-refractivity contribution in [2.24, 2.45) is 0 Å². The molecule has 1 aliphatic rings. The van der Waals surface area contributed by atoms with E-state index < -0.39 is 10.0 Å². The van der Waals surface area contributed by atoms with Crippen LogP contribution in [0.5, 0.6) is 0 Å². The molecular formula is C22H26N4O2S2. The monoisotopic (exact) mass is 442 g/mol. The van der Waals surface area contributed by atoms with Crippen LogP contribution in [0.15, 0.2) is 52.9 Å². The zero-order valence-corrected chi connectivity index (χ0v) is 18.7. The summed E-state index contributed by atoms with van der Waals surface area (Å²) in [4.78, 5) is 9.09. The first-order valence-corrected chi connectivity index (χ1v) is 12.6. The van der Waals surface area contributed by atoms with Gasteiger partial charge in [-0.1, -0.05) is 30.7 Å². The van der Waals surface area contributed by atoms with Gasteiger partial charge >= 0.3 is 0 Å². The van der Waals surface area contributed by atoms with Crippen LogP contribution in [0.3, 0.4) is 0 Å². The highest BCUT2D eigenvalue weighted by Crippen LogP contribution is 2.22. The second-order valence-corrected chi connectivity index (χ2v) is 10.5. The normalized spacial score (nSPS) is 15.2. The lowest BCUT2D eigenvalue weighted by atomic mass is 10.1. The average Bonchev–Trinajstić information content (AvgIpc) is 3.21. The molecule has 6 nitrogen and oxygen atoms in total. The quantitative estimate of drug-likeness (QED) is 0.589. The Morgan fingerprint density at radius 1 is 1.07 bits per heavy atom. The molecule has 0 unspecified atom stereocenters. The van der Waals surface area contributed by atoms with Gasteiger partial charge in [-0.25, -0.2) is 18.4 Å². The van der Waals surface area contributed by atoms with Gasteiger partial charge in [0.2, 0.25) is 10.0 Å². The first-order chi connectivity index (χ1) is 14.5. The molecule has 1 aromatic carbocycles. The fourth-order valence-corrected chi connectivity index (χ4v) is 5.65. The molecule has 30 heavy (non-hydrogen) atoms. The zero-order valence-electron chi connectivity index (χ0n) is 17.0. The molecule has 4 rings (SSSR count). The molecule has 2 aromatic heterocycles. The molecule has 1 fully saturated rings. The molecule has 0 bridgehead atoms. The Kier molecular flexibility index (Phi) is 6.46. The Balaban J connectivity index is 1.31. The van der Waals surface area contributed by atoms with Crippen molar-refractivity contribution in [3.63, 3.8) is 0 Å². The van der Waals surface area contributed by atoms with E-state index in [0.717, 1.165) is 48.5 Å². The Hall–Kier alpha value is -2.29. The minimum absolute atomic E-state index is 0.266. The van der Waals surface area contributed by atoms with E-state index in [1.165, 1.54) is 11.8 Å². The molecule has 0 amide bonds. The summed E-state index contributed by atoms with van der Waals surface area (Å²) in [5, 5.41) is 6.42. The molecule has 0 spiro atoms. The highest BCUT2D eigenvalue weighted by atomic mass is 32.2. The van der Waals surface area contributed by atoms with Gasteiger partial charge < -0.3 is 5.32 Å². The van der Waals surface area contributed by atoms with Gasteiger partial charge in [0.05, 0.1) is 10.7 Å². The lowest BCUT2D eigenvalue weighted by Crippen LogP contribution is -2.35. The second-order valence-electron chi connectivity index (χ2n) is 7.47. The third-order valence-electron chi connectivity index (χ3n) is 5.28. The van der Waals surface area contributed by atoms with Gasteiger partial charge in [-0.2, -0.15) is 4.31 Å². The number of hydrogen-bond donors (Lipinski definition) is 1. The summed E-state index contributed by atoms with van der Waals surface area (Å²) in [5.74, 6) is 0.683. The smallest absolute Gasteiger partial charge is 0.244 e. The molecule has 3 aromatic rings. The summed E-state index contributed by atoms with van der Waals surface area (Å²) >= 11 is 1.66. The van der Waals surface area contributed by atoms with E-state index in [2.05, 4.69) is 44.9 Å². The average molecular weight is 443 g/mol. The van der Waals surface area contributed by atoms with Crippen LogP contribution in [0.4, 0.5) is 5.82 Å². The van der Waals surface area contributed by atoms with Crippen LogP contribution in [0.2, 0.25) is 0 Å². The van der Waals surface area contributed by atoms with E-state index in [-0.39, 0.29) is 4.90 Å². The minimum Gasteiger partial charge on any atom is -0.370 e. The number of thiazole rings is 1. The van der Waals surface area contributed by atoms with Crippen molar-refractivity contribution in [1.82, 2.24) is 14.3 Å². The number of nitrogens with zero attached hydrogens (tertiary/aromatic N) is 3. The van der Waals surface area contributed by atoms with Crippen molar-refractivity contribution in [2.45, 2.75) is 37.5 Å².